The van der Waals surface area contributed by atoms with E-state index in [0.29, 0.717) is 0 Å². The summed E-state index contributed by atoms with van der Waals surface area (Å²) in [5.41, 5.74) is 4.46. The molecule has 27 heavy (non-hydrogen) atoms. The van der Waals surface area contributed by atoms with Crippen molar-refractivity contribution in [3.05, 3.63) is 83.9 Å². The number of nitrogens with one attached hydrogen (secondary N) is 1. The van der Waals surface area contributed by atoms with Crippen LogP contribution in [0.1, 0.15) is 10.4 Å². The lowest BCUT2D eigenvalue weighted by Gasteiger charge is -2.14. The number of amides is 1. The van der Waals surface area contributed by atoms with Gasteiger partial charge in [-0.25, -0.2) is 17.2 Å². The van der Waals surface area contributed by atoms with Crippen LogP contribution in [0.25, 0.3) is 11.1 Å². The third-order valence-electron chi connectivity index (χ3n) is 3.86. The average molecular weight is 388 g/mol. The van der Waals surface area contributed by atoms with E-state index >= 15 is 0 Å². The van der Waals surface area contributed by atoms with Crippen LogP contribution in [0, 0.1) is 11.6 Å². The molecular formula is C19H14F2N2O3S. The second kappa shape index (κ2) is 7.16. The minimum absolute atomic E-state index is 0.0277. The van der Waals surface area contributed by atoms with Crippen molar-refractivity contribution in [2.75, 3.05) is 4.72 Å². The predicted octanol–water partition coefficient (Wildman–Crippen LogP) is 3.53. The van der Waals surface area contributed by atoms with Gasteiger partial charge in [0.1, 0.15) is 11.5 Å². The van der Waals surface area contributed by atoms with Crippen LogP contribution >= 0.6 is 0 Å². The predicted molar refractivity (Wildman–Crippen MR) is 97.6 cm³/mol. The molecule has 0 aliphatic carbocycles. The zero-order chi connectivity index (χ0) is 19.6. The number of anilines is 1. The van der Waals surface area contributed by atoms with Crippen molar-refractivity contribution >= 4 is 21.6 Å². The van der Waals surface area contributed by atoms with E-state index < -0.39 is 33.3 Å². The van der Waals surface area contributed by atoms with Crippen molar-refractivity contribution < 1.29 is 22.0 Å². The molecule has 3 N–H and O–H groups in total. The average Bonchev–Trinajstić information content (AvgIpc) is 2.66. The Balaban J connectivity index is 2.12. The number of hydrogen-bond donors (Lipinski definition) is 2. The number of carbonyl (C=O) groups excluding carboxylic acids is 1. The summed E-state index contributed by atoms with van der Waals surface area (Å²) in [6, 6.07) is 15.1. The second-order valence-electron chi connectivity index (χ2n) is 5.61. The molecule has 0 fully saturated rings. The molecule has 0 aromatic heterocycles. The van der Waals surface area contributed by atoms with Gasteiger partial charge in [0.05, 0.1) is 4.90 Å². The van der Waals surface area contributed by atoms with Crippen molar-refractivity contribution in [2.45, 2.75) is 4.90 Å². The highest BCUT2D eigenvalue weighted by Gasteiger charge is 2.23. The molecule has 0 saturated heterocycles. The van der Waals surface area contributed by atoms with Crippen molar-refractivity contribution in [2.24, 2.45) is 5.73 Å². The van der Waals surface area contributed by atoms with Crippen molar-refractivity contribution in [1.29, 1.82) is 0 Å². The van der Waals surface area contributed by atoms with E-state index in [1.54, 1.807) is 18.2 Å². The first-order valence-electron chi connectivity index (χ1n) is 7.76. The topological polar surface area (TPSA) is 89.3 Å². The van der Waals surface area contributed by atoms with E-state index in [2.05, 4.69) is 0 Å². The molecule has 0 radical (unpaired) electrons. The number of sulfonamides is 1. The number of rotatable bonds is 5. The molecule has 0 aliphatic rings. The molecule has 3 rings (SSSR count). The van der Waals surface area contributed by atoms with Gasteiger partial charge in [-0.2, -0.15) is 0 Å². The Morgan fingerprint density at radius 2 is 1.48 bits per heavy atom. The van der Waals surface area contributed by atoms with Crippen LogP contribution in [0.3, 0.4) is 0 Å². The molecule has 5 nitrogen and oxygen atoms in total. The Morgan fingerprint density at radius 1 is 0.852 bits per heavy atom. The van der Waals surface area contributed by atoms with E-state index in [0.717, 1.165) is 12.1 Å². The Morgan fingerprint density at radius 3 is 2.15 bits per heavy atom. The number of halogens is 2. The molecule has 3 aromatic carbocycles. The van der Waals surface area contributed by atoms with Gasteiger partial charge in [0.25, 0.3) is 10.0 Å². The molecule has 1 amide bonds. The number of nitrogens with two attached hydrogens (primary N) is 1. The highest BCUT2D eigenvalue weighted by molar-refractivity contribution is 7.92. The second-order valence-corrected chi connectivity index (χ2v) is 7.29. The van der Waals surface area contributed by atoms with Gasteiger partial charge < -0.3 is 5.73 Å². The van der Waals surface area contributed by atoms with E-state index in [1.165, 1.54) is 36.4 Å². The summed E-state index contributed by atoms with van der Waals surface area (Å²) in [6.45, 7) is 0. The van der Waals surface area contributed by atoms with Crippen molar-refractivity contribution in [3.63, 3.8) is 0 Å². The van der Waals surface area contributed by atoms with Gasteiger partial charge in [0.2, 0.25) is 5.91 Å². The fraction of sp³-hybridized carbons (Fsp3) is 0. The molecule has 0 aliphatic heterocycles. The summed E-state index contributed by atoms with van der Waals surface area (Å²) in [5, 5.41) is 0. The van der Waals surface area contributed by atoms with E-state index in [4.69, 9.17) is 5.73 Å². The molecule has 0 atom stereocenters. The summed E-state index contributed by atoms with van der Waals surface area (Å²) in [4.78, 5) is 11.4. The molecule has 0 saturated carbocycles. The first-order valence-corrected chi connectivity index (χ1v) is 9.24. The summed E-state index contributed by atoms with van der Waals surface area (Å²) in [5.74, 6) is -3.03. The summed E-state index contributed by atoms with van der Waals surface area (Å²) >= 11 is 0. The molecule has 0 bridgehead atoms. The zero-order valence-electron chi connectivity index (χ0n) is 13.8. The monoisotopic (exact) mass is 388 g/mol. The lowest BCUT2D eigenvalue weighted by atomic mass is 9.98. The number of carbonyl (C=O) groups is 1. The molecule has 0 heterocycles. The summed E-state index contributed by atoms with van der Waals surface area (Å²) < 4.78 is 55.9. The maximum Gasteiger partial charge on any atom is 0.262 e. The van der Waals surface area contributed by atoms with Gasteiger partial charge in [-0.1, -0.05) is 36.4 Å². The minimum atomic E-state index is -4.21. The fourth-order valence-corrected chi connectivity index (χ4v) is 3.67. The molecular weight excluding hydrogens is 374 g/mol. The smallest absolute Gasteiger partial charge is 0.262 e. The number of primary amides is 1. The maximum atomic E-state index is 15.0. The first-order chi connectivity index (χ1) is 12.8. The summed E-state index contributed by atoms with van der Waals surface area (Å²) in [6.07, 6.45) is 0. The van der Waals surface area contributed by atoms with Crippen LogP contribution in [0.5, 0.6) is 0 Å². The van der Waals surface area contributed by atoms with Crippen molar-refractivity contribution in [3.8, 4) is 11.1 Å². The number of hydrogen-bond acceptors (Lipinski definition) is 3. The van der Waals surface area contributed by atoms with Crippen LogP contribution in [0.15, 0.2) is 71.6 Å². The van der Waals surface area contributed by atoms with Crippen molar-refractivity contribution in [1.82, 2.24) is 0 Å². The highest BCUT2D eigenvalue weighted by atomic mass is 32.2. The zero-order valence-corrected chi connectivity index (χ0v) is 14.6. The Labute approximate surface area is 154 Å². The SMILES string of the molecule is NC(=O)c1ccccc1-c1ccc(F)c(NS(=O)(=O)c2ccccc2)c1F. The van der Waals surface area contributed by atoms with Gasteiger partial charge >= 0.3 is 0 Å². The molecule has 0 spiro atoms. The van der Waals surface area contributed by atoms with Crippen LogP contribution in [0.2, 0.25) is 0 Å². The molecule has 3 aromatic rings. The minimum Gasteiger partial charge on any atom is -0.366 e. The first kappa shape index (κ1) is 18.5. The standard InChI is InChI=1S/C19H14F2N2O3S/c20-16-11-10-14(13-8-4-5-9-15(13)19(22)24)17(21)18(16)23-27(25,26)12-6-2-1-3-7-12/h1-11,23H,(H2,22,24). The van der Waals surface area contributed by atoms with E-state index in [1.807, 2.05) is 4.72 Å². The lowest BCUT2D eigenvalue weighted by molar-refractivity contribution is 0.100. The molecule has 8 heteroatoms. The van der Waals surface area contributed by atoms with Gasteiger partial charge in [0, 0.05) is 11.1 Å². The lowest BCUT2D eigenvalue weighted by Crippen LogP contribution is -2.16. The number of benzene rings is 3. The van der Waals surface area contributed by atoms with Gasteiger partial charge in [0.15, 0.2) is 5.82 Å². The molecule has 138 valence electrons. The summed E-state index contributed by atoms with van der Waals surface area (Å²) in [7, 11) is -4.21. The highest BCUT2D eigenvalue weighted by Crippen LogP contribution is 2.33. The van der Waals surface area contributed by atoms with Gasteiger partial charge in [-0.15, -0.1) is 0 Å². The Kier molecular flexibility index (Phi) is 4.91. The van der Waals surface area contributed by atoms with E-state index in [9.17, 15) is 22.0 Å². The van der Waals surface area contributed by atoms with Crippen LogP contribution in [-0.2, 0) is 10.0 Å². The van der Waals surface area contributed by atoms with Crippen LogP contribution in [0.4, 0.5) is 14.5 Å². The van der Waals surface area contributed by atoms with E-state index in [-0.39, 0.29) is 21.6 Å². The quantitative estimate of drug-likeness (QED) is 0.701. The van der Waals surface area contributed by atoms with Gasteiger partial charge in [-0.3, -0.25) is 9.52 Å². The fourth-order valence-electron chi connectivity index (χ4n) is 2.58. The Hall–Kier alpha value is -3.26. The largest absolute Gasteiger partial charge is 0.366 e. The maximum absolute atomic E-state index is 15.0. The third-order valence-corrected chi connectivity index (χ3v) is 5.23. The molecule has 0 unspecified atom stereocenters. The third kappa shape index (κ3) is 3.65. The van der Waals surface area contributed by atoms with Gasteiger partial charge in [-0.05, 0) is 35.9 Å². The Bertz CT molecular complexity index is 1120. The normalized spacial score (nSPS) is 11.2. The van der Waals surface area contributed by atoms with Crippen LogP contribution in [-0.4, -0.2) is 14.3 Å². The van der Waals surface area contributed by atoms with Crippen LogP contribution < -0.4 is 10.5 Å².